The molecule has 0 spiro atoms. The molecule has 2 unspecified atom stereocenters. The number of carbonyl (C=O) groups is 1. The quantitative estimate of drug-likeness (QED) is 0.902. The van der Waals surface area contributed by atoms with Crippen molar-refractivity contribution in [2.45, 2.75) is 37.6 Å². The van der Waals surface area contributed by atoms with Gasteiger partial charge in [0.2, 0.25) is 10.0 Å². The molecule has 0 aliphatic carbocycles. The van der Waals surface area contributed by atoms with E-state index in [9.17, 15) is 17.6 Å². The fourth-order valence-electron chi connectivity index (χ4n) is 2.62. The Morgan fingerprint density at radius 3 is 2.67 bits per heavy atom. The molecule has 116 valence electrons. The van der Waals surface area contributed by atoms with Gasteiger partial charge in [0.15, 0.2) is 0 Å². The maximum atomic E-state index is 13.9. The van der Waals surface area contributed by atoms with Gasteiger partial charge < -0.3 is 4.90 Å². The lowest BCUT2D eigenvalue weighted by Crippen LogP contribution is -2.46. The highest BCUT2D eigenvalue weighted by Crippen LogP contribution is 2.25. The summed E-state index contributed by atoms with van der Waals surface area (Å²) < 4.78 is 36.6. The van der Waals surface area contributed by atoms with Crippen LogP contribution in [0.15, 0.2) is 23.1 Å². The normalized spacial score (nSPS) is 23.1. The Labute approximate surface area is 124 Å². The number of likely N-dealkylation sites (tertiary alicyclic amines) is 1. The molecule has 2 atom stereocenters. The zero-order valence-electron chi connectivity index (χ0n) is 12.0. The van der Waals surface area contributed by atoms with E-state index in [0.717, 1.165) is 31.0 Å². The number of carbonyl (C=O) groups excluding carboxylic acids is 1. The number of halogens is 1. The van der Waals surface area contributed by atoms with Crippen molar-refractivity contribution in [2.24, 2.45) is 11.1 Å². The second-order valence-electron chi connectivity index (χ2n) is 5.55. The lowest BCUT2D eigenvalue weighted by molar-refractivity contribution is 0.0546. The van der Waals surface area contributed by atoms with Gasteiger partial charge in [0, 0.05) is 12.6 Å². The van der Waals surface area contributed by atoms with Crippen LogP contribution < -0.4 is 5.14 Å². The second kappa shape index (κ2) is 5.73. The number of hydrogen-bond acceptors (Lipinski definition) is 3. The van der Waals surface area contributed by atoms with E-state index in [-0.39, 0.29) is 16.5 Å². The molecule has 0 saturated carbocycles. The van der Waals surface area contributed by atoms with Gasteiger partial charge in [-0.05, 0) is 43.9 Å². The van der Waals surface area contributed by atoms with Crippen LogP contribution in [0.1, 0.15) is 37.0 Å². The van der Waals surface area contributed by atoms with Gasteiger partial charge in [-0.15, -0.1) is 0 Å². The molecule has 0 aromatic heterocycles. The summed E-state index contributed by atoms with van der Waals surface area (Å²) in [5, 5.41) is 5.03. The number of primary sulfonamides is 1. The maximum Gasteiger partial charge on any atom is 0.257 e. The van der Waals surface area contributed by atoms with E-state index in [1.54, 1.807) is 4.90 Å². The SMILES string of the molecule is CC1CCCN(C(=O)c2cc(S(N)(=O)=O)ccc2F)C1C. The van der Waals surface area contributed by atoms with E-state index < -0.39 is 21.7 Å². The predicted molar refractivity (Wildman–Crippen MR) is 76.7 cm³/mol. The topological polar surface area (TPSA) is 80.5 Å². The van der Waals surface area contributed by atoms with Gasteiger partial charge in [-0.1, -0.05) is 6.92 Å². The minimum absolute atomic E-state index is 0.0104. The van der Waals surface area contributed by atoms with Gasteiger partial charge in [-0.3, -0.25) is 4.79 Å². The Balaban J connectivity index is 2.39. The minimum atomic E-state index is -3.97. The minimum Gasteiger partial charge on any atom is -0.336 e. The molecule has 0 bridgehead atoms. The molecule has 5 nitrogen and oxygen atoms in total. The molecule has 1 aromatic carbocycles. The van der Waals surface area contributed by atoms with E-state index in [4.69, 9.17) is 5.14 Å². The molecule has 0 radical (unpaired) electrons. The summed E-state index contributed by atoms with van der Waals surface area (Å²) in [5.74, 6) is -0.901. The first kappa shape index (κ1) is 15.9. The molecule has 1 heterocycles. The highest BCUT2D eigenvalue weighted by Gasteiger charge is 2.30. The molecule has 2 N–H and O–H groups in total. The number of nitrogens with two attached hydrogens (primary N) is 1. The monoisotopic (exact) mass is 314 g/mol. The van der Waals surface area contributed by atoms with Crippen molar-refractivity contribution in [1.82, 2.24) is 4.90 Å². The Bertz CT molecular complexity index is 660. The highest BCUT2D eigenvalue weighted by molar-refractivity contribution is 7.89. The van der Waals surface area contributed by atoms with E-state index in [1.165, 1.54) is 0 Å². The number of piperidine rings is 1. The summed E-state index contributed by atoms with van der Waals surface area (Å²) in [4.78, 5) is 13.8. The molecule has 1 saturated heterocycles. The van der Waals surface area contributed by atoms with Gasteiger partial charge in [0.25, 0.3) is 5.91 Å². The van der Waals surface area contributed by atoms with Crippen LogP contribution in [-0.4, -0.2) is 31.8 Å². The van der Waals surface area contributed by atoms with E-state index >= 15 is 0 Å². The van der Waals surface area contributed by atoms with Crippen LogP contribution in [0.3, 0.4) is 0 Å². The van der Waals surface area contributed by atoms with Crippen LogP contribution in [-0.2, 0) is 10.0 Å². The molecule has 1 aliphatic rings. The first-order chi connectivity index (χ1) is 9.71. The Hall–Kier alpha value is -1.47. The molecule has 1 aromatic rings. The first-order valence-electron chi connectivity index (χ1n) is 6.85. The summed E-state index contributed by atoms with van der Waals surface area (Å²) in [5.41, 5.74) is -0.248. The fourth-order valence-corrected chi connectivity index (χ4v) is 3.16. The van der Waals surface area contributed by atoms with Crippen molar-refractivity contribution in [1.29, 1.82) is 0 Å². The van der Waals surface area contributed by atoms with Crippen LogP contribution in [0.25, 0.3) is 0 Å². The highest BCUT2D eigenvalue weighted by atomic mass is 32.2. The van der Waals surface area contributed by atoms with Crippen LogP contribution >= 0.6 is 0 Å². The number of nitrogens with zero attached hydrogens (tertiary/aromatic N) is 1. The Kier molecular flexibility index (Phi) is 4.34. The first-order valence-corrected chi connectivity index (χ1v) is 8.39. The van der Waals surface area contributed by atoms with Gasteiger partial charge >= 0.3 is 0 Å². The van der Waals surface area contributed by atoms with Crippen LogP contribution in [0, 0.1) is 11.7 Å². The third-order valence-corrected chi connectivity index (χ3v) is 5.04. The second-order valence-corrected chi connectivity index (χ2v) is 7.11. The predicted octanol–water partition coefficient (Wildman–Crippen LogP) is 1.73. The standard InChI is InChI=1S/C14H19FN2O3S/c1-9-4-3-7-17(10(9)2)14(18)12-8-11(21(16,19)20)5-6-13(12)15/h5-6,8-10H,3-4,7H2,1-2H3,(H2,16,19,20). The number of hydrogen-bond donors (Lipinski definition) is 1. The van der Waals surface area contributed by atoms with E-state index in [2.05, 4.69) is 0 Å². The van der Waals surface area contributed by atoms with Crippen molar-refractivity contribution in [3.05, 3.63) is 29.6 Å². The average molecular weight is 314 g/mol. The van der Waals surface area contributed by atoms with Crippen LogP contribution in [0.5, 0.6) is 0 Å². The Morgan fingerprint density at radius 2 is 2.05 bits per heavy atom. The van der Waals surface area contributed by atoms with Crippen molar-refractivity contribution in [3.63, 3.8) is 0 Å². The molecular weight excluding hydrogens is 295 g/mol. The summed E-state index contributed by atoms with van der Waals surface area (Å²) in [6.45, 7) is 4.51. The number of benzene rings is 1. The van der Waals surface area contributed by atoms with Gasteiger partial charge in [-0.25, -0.2) is 17.9 Å². The van der Waals surface area contributed by atoms with Crippen molar-refractivity contribution in [3.8, 4) is 0 Å². The third-order valence-electron chi connectivity index (χ3n) is 4.13. The van der Waals surface area contributed by atoms with Crippen LogP contribution in [0.2, 0.25) is 0 Å². The summed E-state index contributed by atoms with van der Waals surface area (Å²) in [6.07, 6.45) is 1.87. The maximum absolute atomic E-state index is 13.9. The summed E-state index contributed by atoms with van der Waals surface area (Å²) >= 11 is 0. The number of amides is 1. The summed E-state index contributed by atoms with van der Waals surface area (Å²) in [7, 11) is -3.97. The van der Waals surface area contributed by atoms with Gasteiger partial charge in [-0.2, -0.15) is 0 Å². The third kappa shape index (κ3) is 3.24. The summed E-state index contributed by atoms with van der Waals surface area (Å²) in [6, 6.07) is 3.03. The fraction of sp³-hybridized carbons (Fsp3) is 0.500. The number of sulfonamides is 1. The molecule has 1 amide bonds. The zero-order valence-corrected chi connectivity index (χ0v) is 12.9. The van der Waals surface area contributed by atoms with Crippen molar-refractivity contribution in [2.75, 3.05) is 6.54 Å². The molecule has 1 aliphatic heterocycles. The molecule has 1 fully saturated rings. The molecule has 2 rings (SSSR count). The molecule has 7 heteroatoms. The van der Waals surface area contributed by atoms with Crippen LogP contribution in [0.4, 0.5) is 4.39 Å². The number of rotatable bonds is 2. The van der Waals surface area contributed by atoms with Crippen molar-refractivity contribution < 1.29 is 17.6 Å². The lowest BCUT2D eigenvalue weighted by atomic mass is 9.91. The van der Waals surface area contributed by atoms with Gasteiger partial charge in [0.1, 0.15) is 5.82 Å². The lowest BCUT2D eigenvalue weighted by Gasteiger charge is -2.38. The smallest absolute Gasteiger partial charge is 0.257 e. The Morgan fingerprint density at radius 1 is 1.38 bits per heavy atom. The molecule has 21 heavy (non-hydrogen) atoms. The molecular formula is C14H19FN2O3S. The largest absolute Gasteiger partial charge is 0.336 e. The average Bonchev–Trinajstić information content (AvgIpc) is 2.40. The van der Waals surface area contributed by atoms with Crippen molar-refractivity contribution >= 4 is 15.9 Å². The zero-order chi connectivity index (χ0) is 15.8. The van der Waals surface area contributed by atoms with E-state index in [0.29, 0.717) is 12.5 Å². The van der Waals surface area contributed by atoms with Gasteiger partial charge in [0.05, 0.1) is 10.5 Å². The van der Waals surface area contributed by atoms with E-state index in [1.807, 2.05) is 13.8 Å².